The molecule has 0 aliphatic carbocycles. The van der Waals surface area contributed by atoms with Gasteiger partial charge in [-0.2, -0.15) is 0 Å². The van der Waals surface area contributed by atoms with Gasteiger partial charge in [-0.15, -0.1) is 0 Å². The predicted molar refractivity (Wildman–Crippen MR) is 64.6 cm³/mol. The summed E-state index contributed by atoms with van der Waals surface area (Å²) in [4.78, 5) is 21.6. The Morgan fingerprint density at radius 2 is 2.25 bits per heavy atom. The van der Waals surface area contributed by atoms with Crippen LogP contribution in [0.3, 0.4) is 0 Å². The van der Waals surface area contributed by atoms with Crippen LogP contribution in [0.4, 0.5) is 10.5 Å². The Morgan fingerprint density at radius 1 is 1.44 bits per heavy atom. The third kappa shape index (κ3) is 2.61. The maximum absolute atomic E-state index is 11.2. The van der Waals surface area contributed by atoms with Gasteiger partial charge in [-0.25, -0.2) is 0 Å². The van der Waals surface area contributed by atoms with E-state index in [9.17, 15) is 9.59 Å². The summed E-state index contributed by atoms with van der Waals surface area (Å²) in [6.45, 7) is 0.491. The molecule has 1 aromatic rings. The first-order chi connectivity index (χ1) is 7.65. The number of nitrogens with one attached hydrogen (secondary N) is 2. The van der Waals surface area contributed by atoms with Gasteiger partial charge in [0.2, 0.25) is 5.91 Å². The number of amides is 2. The van der Waals surface area contributed by atoms with Gasteiger partial charge in [0, 0.05) is 34.6 Å². The second-order valence-corrected chi connectivity index (χ2v) is 4.39. The van der Waals surface area contributed by atoms with Crippen molar-refractivity contribution in [1.29, 1.82) is 0 Å². The lowest BCUT2D eigenvalue weighted by molar-refractivity contribution is -0.116. The van der Waals surface area contributed by atoms with Crippen LogP contribution in [-0.4, -0.2) is 10.7 Å². The number of carbonyl (C=O) groups excluding carboxylic acids is 2. The van der Waals surface area contributed by atoms with E-state index in [4.69, 9.17) is 0 Å². The number of carbonyl (C=O) groups is 2. The lowest BCUT2D eigenvalue weighted by Gasteiger charge is -2.17. The highest BCUT2D eigenvalue weighted by atomic mass is 79.9. The minimum absolute atomic E-state index is 0.0639. The lowest BCUT2D eigenvalue weighted by Crippen LogP contribution is -2.20. The van der Waals surface area contributed by atoms with Crippen LogP contribution in [0.25, 0.3) is 0 Å². The molecule has 1 aliphatic rings. The Morgan fingerprint density at radius 3 is 3.00 bits per heavy atom. The zero-order valence-corrected chi connectivity index (χ0v) is 10.1. The maximum atomic E-state index is 11.2. The SMILES string of the molecule is O=C(Br)NCc1ccc2c(c1)CCC(=O)N2. The van der Waals surface area contributed by atoms with Crippen LogP contribution in [0.5, 0.6) is 0 Å². The van der Waals surface area contributed by atoms with Crippen LogP contribution < -0.4 is 10.6 Å². The molecular formula is C11H11BrN2O2. The summed E-state index contributed by atoms with van der Waals surface area (Å²) < 4.78 is 0. The van der Waals surface area contributed by atoms with Gasteiger partial charge < -0.3 is 10.6 Å². The number of rotatable bonds is 2. The standard InChI is InChI=1S/C11H11BrN2O2/c12-11(16)13-6-7-1-3-9-8(5-7)2-4-10(15)14-9/h1,3,5H,2,4,6H2,(H,13,16)(H,14,15). The Hall–Kier alpha value is -1.36. The molecule has 2 N–H and O–H groups in total. The number of halogens is 1. The van der Waals surface area contributed by atoms with E-state index >= 15 is 0 Å². The van der Waals surface area contributed by atoms with Crippen molar-refractivity contribution in [3.05, 3.63) is 29.3 Å². The third-order valence-corrected chi connectivity index (χ3v) is 2.78. The maximum Gasteiger partial charge on any atom is 0.287 e. The molecule has 1 aromatic carbocycles. The molecule has 0 saturated heterocycles. The summed E-state index contributed by atoms with van der Waals surface area (Å²) in [6.07, 6.45) is 1.29. The second-order valence-electron chi connectivity index (χ2n) is 3.67. The number of hydrogen-bond acceptors (Lipinski definition) is 2. The summed E-state index contributed by atoms with van der Waals surface area (Å²) in [5.41, 5.74) is 3.04. The molecule has 0 radical (unpaired) electrons. The number of hydrogen-bond donors (Lipinski definition) is 2. The molecule has 0 aromatic heterocycles. The molecule has 84 valence electrons. The minimum atomic E-state index is -0.224. The van der Waals surface area contributed by atoms with Crippen molar-refractivity contribution in [2.75, 3.05) is 5.32 Å². The fraction of sp³-hybridized carbons (Fsp3) is 0.273. The molecule has 0 fully saturated rings. The van der Waals surface area contributed by atoms with E-state index in [0.29, 0.717) is 13.0 Å². The molecule has 0 saturated carbocycles. The largest absolute Gasteiger partial charge is 0.343 e. The van der Waals surface area contributed by atoms with E-state index in [0.717, 1.165) is 23.2 Å². The highest BCUT2D eigenvalue weighted by molar-refractivity contribution is 9.18. The lowest BCUT2D eigenvalue weighted by atomic mass is 10.0. The Bertz CT molecular complexity index is 446. The van der Waals surface area contributed by atoms with Gasteiger partial charge >= 0.3 is 0 Å². The van der Waals surface area contributed by atoms with E-state index in [1.54, 1.807) is 0 Å². The van der Waals surface area contributed by atoms with Crippen molar-refractivity contribution in [3.8, 4) is 0 Å². The van der Waals surface area contributed by atoms with Crippen LogP contribution in [0.15, 0.2) is 18.2 Å². The Kier molecular flexibility index (Phi) is 3.24. The molecule has 0 atom stereocenters. The van der Waals surface area contributed by atoms with Crippen molar-refractivity contribution >= 4 is 32.3 Å². The smallest absolute Gasteiger partial charge is 0.287 e. The zero-order chi connectivity index (χ0) is 11.5. The molecule has 0 unspecified atom stereocenters. The Balaban J connectivity index is 2.13. The van der Waals surface area contributed by atoms with E-state index in [1.165, 1.54) is 0 Å². The quantitative estimate of drug-likeness (QED) is 0.645. The predicted octanol–water partition coefficient (Wildman–Crippen LogP) is 2.18. The van der Waals surface area contributed by atoms with Crippen molar-refractivity contribution in [2.45, 2.75) is 19.4 Å². The molecule has 1 heterocycles. The number of fused-ring (bicyclic) bond motifs is 1. The van der Waals surface area contributed by atoms with Crippen LogP contribution in [0, 0.1) is 0 Å². The van der Waals surface area contributed by atoms with Crippen LogP contribution in [0.1, 0.15) is 17.5 Å². The van der Waals surface area contributed by atoms with Crippen molar-refractivity contribution in [2.24, 2.45) is 0 Å². The Labute approximate surface area is 102 Å². The molecule has 2 rings (SSSR count). The van der Waals surface area contributed by atoms with Crippen molar-refractivity contribution < 1.29 is 9.59 Å². The van der Waals surface area contributed by atoms with E-state index < -0.39 is 0 Å². The summed E-state index contributed by atoms with van der Waals surface area (Å²) in [6, 6.07) is 5.78. The molecule has 5 heteroatoms. The first kappa shape index (κ1) is 11.1. The van der Waals surface area contributed by atoms with Gasteiger partial charge in [0.15, 0.2) is 0 Å². The summed E-state index contributed by atoms with van der Waals surface area (Å²) >= 11 is 2.81. The molecule has 1 aliphatic heterocycles. The number of benzene rings is 1. The van der Waals surface area contributed by atoms with Gasteiger partial charge in [-0.1, -0.05) is 12.1 Å². The summed E-state index contributed by atoms with van der Waals surface area (Å²) in [5.74, 6) is 0.0639. The summed E-state index contributed by atoms with van der Waals surface area (Å²) in [7, 11) is 0. The van der Waals surface area contributed by atoms with Crippen molar-refractivity contribution in [3.63, 3.8) is 0 Å². The second kappa shape index (κ2) is 4.65. The fourth-order valence-electron chi connectivity index (χ4n) is 1.72. The normalized spacial score (nSPS) is 13.9. The van der Waals surface area contributed by atoms with Gasteiger partial charge in [0.25, 0.3) is 4.82 Å². The van der Waals surface area contributed by atoms with Crippen LogP contribution in [0.2, 0.25) is 0 Å². The molecule has 4 nitrogen and oxygen atoms in total. The number of anilines is 1. The van der Waals surface area contributed by atoms with E-state index in [2.05, 4.69) is 26.6 Å². The van der Waals surface area contributed by atoms with Gasteiger partial charge in [-0.05, 0) is 23.6 Å². The van der Waals surface area contributed by atoms with E-state index in [-0.39, 0.29) is 10.7 Å². The van der Waals surface area contributed by atoms with Crippen LogP contribution in [-0.2, 0) is 17.8 Å². The highest BCUT2D eigenvalue weighted by Gasteiger charge is 2.14. The van der Waals surface area contributed by atoms with Crippen molar-refractivity contribution in [1.82, 2.24) is 5.32 Å². The minimum Gasteiger partial charge on any atom is -0.343 e. The topological polar surface area (TPSA) is 58.2 Å². The average Bonchev–Trinajstić information content (AvgIpc) is 2.26. The first-order valence-electron chi connectivity index (χ1n) is 5.00. The van der Waals surface area contributed by atoms with Gasteiger partial charge in [0.1, 0.15) is 0 Å². The van der Waals surface area contributed by atoms with Crippen LogP contribution >= 0.6 is 15.9 Å². The fourth-order valence-corrected chi connectivity index (χ4v) is 1.86. The zero-order valence-electron chi connectivity index (χ0n) is 8.55. The van der Waals surface area contributed by atoms with E-state index in [1.807, 2.05) is 18.2 Å². The molecule has 0 spiro atoms. The molecule has 0 bridgehead atoms. The molecular weight excluding hydrogens is 272 g/mol. The molecule has 2 amide bonds. The number of aryl methyl sites for hydroxylation is 1. The summed E-state index contributed by atoms with van der Waals surface area (Å²) in [5, 5.41) is 5.48. The monoisotopic (exact) mass is 282 g/mol. The molecule has 16 heavy (non-hydrogen) atoms. The van der Waals surface area contributed by atoms with Gasteiger partial charge in [0.05, 0.1) is 0 Å². The van der Waals surface area contributed by atoms with Gasteiger partial charge in [-0.3, -0.25) is 9.59 Å². The first-order valence-corrected chi connectivity index (χ1v) is 5.79. The average molecular weight is 283 g/mol. The third-order valence-electron chi connectivity index (χ3n) is 2.50. The highest BCUT2D eigenvalue weighted by Crippen LogP contribution is 2.23.